The first-order valence-electron chi connectivity index (χ1n) is 17.7. The Hall–Kier alpha value is -5.69. The largest absolute Gasteiger partial charge is 0.490 e. The molecule has 6 aromatic carbocycles. The molecular weight excluding hydrogens is 647 g/mol. The van der Waals surface area contributed by atoms with E-state index in [0.717, 1.165) is 72.6 Å². The van der Waals surface area contributed by atoms with Crippen LogP contribution in [0.1, 0.15) is 38.9 Å². The molecule has 0 aromatic heterocycles. The van der Waals surface area contributed by atoms with E-state index in [0.29, 0.717) is 11.5 Å². The van der Waals surface area contributed by atoms with Crippen LogP contribution in [0.25, 0.3) is 22.3 Å². The molecule has 1 heterocycles. The number of nitrogens with zero attached hydrogens (tertiary/aromatic N) is 1. The molecule has 0 bridgehead atoms. The van der Waals surface area contributed by atoms with Gasteiger partial charge in [-0.1, -0.05) is 109 Å². The van der Waals surface area contributed by atoms with Gasteiger partial charge in [-0.25, -0.2) is 0 Å². The molecule has 7 rings (SSSR count). The summed E-state index contributed by atoms with van der Waals surface area (Å²) >= 11 is 0. The van der Waals surface area contributed by atoms with Gasteiger partial charge in [0, 0.05) is 22.4 Å². The minimum Gasteiger partial charge on any atom is -0.490 e. The number of para-hydroxylation sites is 2. The molecule has 2 N–H and O–H groups in total. The minimum atomic E-state index is -1.30. The SMILES string of the molecule is Cc1cc(C2(c3cc(C)c(OCCO)c(-c4ccccc4)c3C)C(=O)N(c3ccccc3)c3ccccc32)c(C)c(-c2ccccc2)c1OCCO. The van der Waals surface area contributed by atoms with Gasteiger partial charge in [-0.2, -0.15) is 0 Å². The molecule has 0 atom stereocenters. The molecule has 1 aliphatic heterocycles. The standard InChI is InChI=1S/C46H43NO5/c1-30-28-38(32(3)41(43(30)51-26-24-48)34-16-8-5-9-17-34)46(37-22-14-15-23-40(37)47(45(46)50)36-20-12-7-13-21-36)39-29-31(2)44(52-27-25-49)42(33(39)4)35-18-10-6-11-19-35/h5-23,28-29,48-49H,24-27H2,1-4H3. The average Bonchev–Trinajstić information content (AvgIpc) is 3.44. The van der Waals surface area contributed by atoms with Crippen molar-refractivity contribution in [2.45, 2.75) is 33.1 Å². The van der Waals surface area contributed by atoms with Crippen molar-refractivity contribution in [3.8, 4) is 33.8 Å². The van der Waals surface area contributed by atoms with Crippen molar-refractivity contribution in [1.82, 2.24) is 0 Å². The number of fused-ring (bicyclic) bond motifs is 1. The van der Waals surface area contributed by atoms with E-state index in [1.54, 1.807) is 0 Å². The fourth-order valence-corrected chi connectivity index (χ4v) is 8.01. The Morgan fingerprint density at radius 1 is 0.558 bits per heavy atom. The Morgan fingerprint density at radius 2 is 0.981 bits per heavy atom. The Kier molecular flexibility index (Phi) is 9.69. The zero-order chi connectivity index (χ0) is 36.4. The van der Waals surface area contributed by atoms with Gasteiger partial charge in [-0.05, 0) is 90.4 Å². The number of anilines is 2. The van der Waals surface area contributed by atoms with Crippen LogP contribution in [-0.4, -0.2) is 42.5 Å². The van der Waals surface area contributed by atoms with Crippen molar-refractivity contribution in [3.05, 3.63) is 166 Å². The van der Waals surface area contributed by atoms with Crippen LogP contribution in [0.2, 0.25) is 0 Å². The van der Waals surface area contributed by atoms with E-state index in [4.69, 9.17) is 9.47 Å². The van der Waals surface area contributed by atoms with Gasteiger partial charge in [0.1, 0.15) is 30.1 Å². The van der Waals surface area contributed by atoms with Crippen LogP contribution in [0.15, 0.2) is 127 Å². The van der Waals surface area contributed by atoms with E-state index in [-0.39, 0.29) is 32.3 Å². The van der Waals surface area contributed by atoms with Gasteiger partial charge >= 0.3 is 0 Å². The molecule has 6 nitrogen and oxygen atoms in total. The van der Waals surface area contributed by atoms with Crippen molar-refractivity contribution < 1.29 is 24.5 Å². The highest BCUT2D eigenvalue weighted by Gasteiger charge is 2.56. The first-order valence-corrected chi connectivity index (χ1v) is 17.7. The zero-order valence-corrected chi connectivity index (χ0v) is 30.0. The number of aliphatic hydroxyl groups is 2. The summed E-state index contributed by atoms with van der Waals surface area (Å²) in [6.07, 6.45) is 0. The third kappa shape index (κ3) is 5.65. The fraction of sp³-hybridized carbons (Fsp3) is 0.196. The normalized spacial score (nSPS) is 13.3. The molecule has 0 spiro atoms. The lowest BCUT2D eigenvalue weighted by Gasteiger charge is -2.36. The number of hydrogen-bond donors (Lipinski definition) is 2. The lowest BCUT2D eigenvalue weighted by Crippen LogP contribution is -2.42. The van der Waals surface area contributed by atoms with Gasteiger partial charge in [0.05, 0.1) is 18.9 Å². The zero-order valence-electron chi connectivity index (χ0n) is 30.0. The lowest BCUT2D eigenvalue weighted by atomic mass is 9.65. The number of aryl methyl sites for hydroxylation is 2. The fourth-order valence-electron chi connectivity index (χ4n) is 8.01. The molecule has 0 unspecified atom stereocenters. The van der Waals surface area contributed by atoms with Crippen LogP contribution in [0.4, 0.5) is 11.4 Å². The van der Waals surface area contributed by atoms with E-state index >= 15 is 4.79 Å². The quantitative estimate of drug-likeness (QED) is 0.142. The van der Waals surface area contributed by atoms with Crippen LogP contribution in [0, 0.1) is 27.7 Å². The van der Waals surface area contributed by atoms with Crippen LogP contribution in [-0.2, 0) is 10.2 Å². The van der Waals surface area contributed by atoms with Crippen molar-refractivity contribution in [2.75, 3.05) is 31.3 Å². The van der Waals surface area contributed by atoms with Crippen LogP contribution in [0.3, 0.4) is 0 Å². The molecule has 262 valence electrons. The Balaban J connectivity index is 1.65. The van der Waals surface area contributed by atoms with E-state index in [1.165, 1.54) is 0 Å². The number of amides is 1. The number of hydrogen-bond acceptors (Lipinski definition) is 5. The third-order valence-corrected chi connectivity index (χ3v) is 10.1. The predicted molar refractivity (Wildman–Crippen MR) is 208 cm³/mol. The van der Waals surface area contributed by atoms with E-state index in [9.17, 15) is 10.2 Å². The Labute approximate surface area is 305 Å². The summed E-state index contributed by atoms with van der Waals surface area (Å²) in [7, 11) is 0. The van der Waals surface area contributed by atoms with Gasteiger partial charge < -0.3 is 19.7 Å². The van der Waals surface area contributed by atoms with Gasteiger partial charge in [0.25, 0.3) is 5.91 Å². The molecule has 0 aliphatic carbocycles. The van der Waals surface area contributed by atoms with Crippen LogP contribution < -0.4 is 14.4 Å². The van der Waals surface area contributed by atoms with Gasteiger partial charge in [-0.3, -0.25) is 9.69 Å². The molecule has 0 saturated carbocycles. The molecule has 6 aromatic rings. The van der Waals surface area contributed by atoms with Gasteiger partial charge in [-0.15, -0.1) is 0 Å². The number of carbonyl (C=O) groups excluding carboxylic acids is 1. The highest BCUT2D eigenvalue weighted by molar-refractivity contribution is 6.18. The van der Waals surface area contributed by atoms with Crippen LogP contribution in [0.5, 0.6) is 11.5 Å². The third-order valence-electron chi connectivity index (χ3n) is 10.1. The molecule has 6 heteroatoms. The summed E-state index contributed by atoms with van der Waals surface area (Å²) < 4.78 is 12.6. The number of benzene rings is 6. The molecular formula is C46H43NO5. The summed E-state index contributed by atoms with van der Waals surface area (Å²) in [4.78, 5) is 17.9. The number of carbonyl (C=O) groups is 1. The maximum absolute atomic E-state index is 16.0. The minimum absolute atomic E-state index is 0.0871. The number of ether oxygens (including phenoxy) is 2. The molecule has 1 amide bonds. The van der Waals surface area contributed by atoms with Crippen LogP contribution >= 0.6 is 0 Å². The smallest absolute Gasteiger partial charge is 0.251 e. The van der Waals surface area contributed by atoms with E-state index < -0.39 is 5.41 Å². The second-order valence-corrected chi connectivity index (χ2v) is 13.3. The summed E-state index contributed by atoms with van der Waals surface area (Å²) in [6, 6.07) is 42.3. The molecule has 0 saturated heterocycles. The lowest BCUT2D eigenvalue weighted by molar-refractivity contribution is -0.120. The van der Waals surface area contributed by atoms with Crippen molar-refractivity contribution in [1.29, 1.82) is 0 Å². The second-order valence-electron chi connectivity index (χ2n) is 13.3. The van der Waals surface area contributed by atoms with Crippen molar-refractivity contribution in [3.63, 3.8) is 0 Å². The van der Waals surface area contributed by atoms with E-state index in [2.05, 4.69) is 56.3 Å². The molecule has 52 heavy (non-hydrogen) atoms. The highest BCUT2D eigenvalue weighted by atomic mass is 16.5. The predicted octanol–water partition coefficient (Wildman–Crippen LogP) is 9.01. The summed E-state index contributed by atoms with van der Waals surface area (Å²) in [6.45, 7) is 8.20. The van der Waals surface area contributed by atoms with Crippen molar-refractivity contribution >= 4 is 17.3 Å². The molecule has 0 radical (unpaired) electrons. The second kappa shape index (κ2) is 14.5. The number of aliphatic hydroxyl groups excluding tert-OH is 2. The average molecular weight is 690 g/mol. The van der Waals surface area contributed by atoms with Gasteiger partial charge in [0.2, 0.25) is 0 Å². The topological polar surface area (TPSA) is 79.2 Å². The summed E-state index contributed by atoms with van der Waals surface area (Å²) in [5.41, 5.74) is 10.1. The monoisotopic (exact) mass is 689 g/mol. The Morgan fingerprint density at radius 3 is 1.44 bits per heavy atom. The highest BCUT2D eigenvalue weighted by Crippen LogP contribution is 2.57. The first-order chi connectivity index (χ1) is 25.3. The van der Waals surface area contributed by atoms with Crippen molar-refractivity contribution in [2.24, 2.45) is 0 Å². The summed E-state index contributed by atoms with van der Waals surface area (Å²) in [5.74, 6) is 1.28. The first kappa shape index (κ1) is 34.7. The van der Waals surface area contributed by atoms with Gasteiger partial charge in [0.15, 0.2) is 0 Å². The van der Waals surface area contributed by atoms with E-state index in [1.807, 2.05) is 104 Å². The summed E-state index contributed by atoms with van der Waals surface area (Å²) in [5, 5.41) is 19.6. The molecule has 1 aliphatic rings. The number of rotatable bonds is 11. The Bertz CT molecular complexity index is 2120. The maximum Gasteiger partial charge on any atom is 0.251 e. The molecule has 0 fully saturated rings. The maximum atomic E-state index is 16.0.